The summed E-state index contributed by atoms with van der Waals surface area (Å²) in [5.74, 6) is 3.57. The third-order valence-electron chi connectivity index (χ3n) is 11.6. The highest BCUT2D eigenvalue weighted by Crippen LogP contribution is 2.78. The van der Waals surface area contributed by atoms with E-state index in [1.54, 1.807) is 0 Å². The number of Topliss-reactive ketones (excluding diaryl/α,β-unsaturated/α-hetero) is 2. The Morgan fingerprint density at radius 1 is 0.839 bits per heavy atom. The molecule has 5 atom stereocenters. The lowest BCUT2D eigenvalue weighted by atomic mass is 9.30. The van der Waals surface area contributed by atoms with Crippen molar-refractivity contribution >= 4 is 17.5 Å². The third kappa shape index (κ3) is 2.20. The van der Waals surface area contributed by atoms with Gasteiger partial charge in [-0.3, -0.25) is 14.4 Å². The molecule has 0 aromatic rings. The second kappa shape index (κ2) is 6.01. The summed E-state index contributed by atoms with van der Waals surface area (Å²) in [6, 6.07) is 0. The first-order valence-electron chi connectivity index (χ1n) is 12.9. The zero-order valence-corrected chi connectivity index (χ0v) is 18.4. The maximum atomic E-state index is 13.8. The number of carboxylic acids is 1. The number of aliphatic carboxylic acids is 1. The monoisotopic (exact) mass is 425 g/mol. The van der Waals surface area contributed by atoms with Gasteiger partial charge in [-0.2, -0.15) is 0 Å². The second-order valence-corrected chi connectivity index (χ2v) is 12.8. The van der Waals surface area contributed by atoms with E-state index in [9.17, 15) is 19.5 Å². The SMILES string of the molecule is O=C(O)CNC12CC3CC(CC(C3)C1C13CC4CC(CC(C4)C14C(=O)CCC4=O)C3)C2. The molecule has 0 aromatic heterocycles. The number of rotatable bonds is 4. The molecular weight excluding hydrogens is 390 g/mol. The smallest absolute Gasteiger partial charge is 0.317 e. The van der Waals surface area contributed by atoms with Crippen molar-refractivity contribution < 1.29 is 19.5 Å². The first-order valence-corrected chi connectivity index (χ1v) is 12.9. The molecule has 9 rings (SSSR count). The molecule has 5 unspecified atom stereocenters. The number of hydrogen-bond donors (Lipinski definition) is 2. The number of hydrogen-bond acceptors (Lipinski definition) is 4. The molecule has 31 heavy (non-hydrogen) atoms. The second-order valence-electron chi connectivity index (χ2n) is 12.8. The third-order valence-corrected chi connectivity index (χ3v) is 11.6. The molecule has 0 saturated heterocycles. The van der Waals surface area contributed by atoms with Crippen molar-refractivity contribution in [1.29, 1.82) is 0 Å². The molecule has 5 heteroatoms. The normalized spacial score (nSPS) is 53.1. The minimum Gasteiger partial charge on any atom is -0.480 e. The summed E-state index contributed by atoms with van der Waals surface area (Å²) in [6.45, 7) is 0.00389. The number of carboxylic acid groups (broad SMARTS) is 1. The molecule has 0 aliphatic heterocycles. The number of carbonyl (C=O) groups excluding carboxylic acids is 2. The van der Waals surface area contributed by atoms with Gasteiger partial charge in [-0.25, -0.2) is 0 Å². The van der Waals surface area contributed by atoms with Crippen LogP contribution in [0.4, 0.5) is 0 Å². The molecule has 9 saturated carbocycles. The molecule has 2 N–H and O–H groups in total. The molecule has 9 aliphatic rings. The minimum absolute atomic E-state index is 0.00389. The lowest BCUT2D eigenvalue weighted by Crippen LogP contribution is -2.76. The summed E-state index contributed by atoms with van der Waals surface area (Å²) in [5, 5.41) is 13.2. The summed E-state index contributed by atoms with van der Waals surface area (Å²) < 4.78 is 0. The Hall–Kier alpha value is -1.23. The van der Waals surface area contributed by atoms with Gasteiger partial charge >= 0.3 is 5.97 Å². The molecule has 0 amide bonds. The fourth-order valence-electron chi connectivity index (χ4n) is 11.9. The van der Waals surface area contributed by atoms with E-state index in [4.69, 9.17) is 0 Å². The summed E-state index contributed by atoms with van der Waals surface area (Å²) in [7, 11) is 0. The van der Waals surface area contributed by atoms with Gasteiger partial charge in [-0.15, -0.1) is 0 Å². The minimum atomic E-state index is -0.789. The van der Waals surface area contributed by atoms with Crippen LogP contribution in [0.5, 0.6) is 0 Å². The van der Waals surface area contributed by atoms with Crippen LogP contribution in [0.1, 0.15) is 77.0 Å². The van der Waals surface area contributed by atoms with Crippen molar-refractivity contribution in [3.8, 4) is 0 Å². The van der Waals surface area contributed by atoms with Crippen LogP contribution < -0.4 is 5.32 Å². The summed E-state index contributed by atoms with van der Waals surface area (Å²) >= 11 is 0. The van der Waals surface area contributed by atoms with Gasteiger partial charge in [0.15, 0.2) is 0 Å². The first-order chi connectivity index (χ1) is 14.9. The Kier molecular flexibility index (Phi) is 3.73. The van der Waals surface area contributed by atoms with E-state index in [1.165, 1.54) is 25.7 Å². The van der Waals surface area contributed by atoms with Gasteiger partial charge in [0.05, 0.1) is 12.0 Å². The van der Waals surface area contributed by atoms with Crippen LogP contribution in [-0.4, -0.2) is 34.7 Å². The quantitative estimate of drug-likeness (QED) is 0.673. The number of nitrogens with one attached hydrogen (secondary N) is 1. The standard InChI is InChI=1S/C26H35NO4/c28-20-1-2-21(29)26(20)19-7-16-4-17(8-19)10-24(26,9-16)23-18-5-14-3-15(6-18)12-25(23,11-14)27-13-22(30)31/h14-19,23,27H,1-13H2,(H,30,31). The van der Waals surface area contributed by atoms with Crippen molar-refractivity contribution in [1.82, 2.24) is 5.32 Å². The van der Waals surface area contributed by atoms with E-state index in [0.717, 1.165) is 38.5 Å². The predicted molar refractivity (Wildman–Crippen MR) is 113 cm³/mol. The molecule has 9 fully saturated rings. The van der Waals surface area contributed by atoms with Crippen LogP contribution in [0, 0.1) is 52.3 Å². The molecule has 5 nitrogen and oxygen atoms in total. The largest absolute Gasteiger partial charge is 0.480 e. The van der Waals surface area contributed by atoms with Crippen LogP contribution in [0.3, 0.4) is 0 Å². The average Bonchev–Trinajstić information content (AvgIpc) is 2.99. The molecule has 168 valence electrons. The summed E-state index contributed by atoms with van der Waals surface area (Å²) in [5.41, 5.74) is -1.14. The molecule has 0 aromatic carbocycles. The van der Waals surface area contributed by atoms with Gasteiger partial charge in [0.1, 0.15) is 11.6 Å². The van der Waals surface area contributed by atoms with Crippen molar-refractivity contribution in [2.75, 3.05) is 6.54 Å². The summed E-state index contributed by atoms with van der Waals surface area (Å²) in [4.78, 5) is 39.2. The van der Waals surface area contributed by atoms with Gasteiger partial charge < -0.3 is 10.4 Å². The number of ketones is 2. The van der Waals surface area contributed by atoms with Crippen molar-refractivity contribution in [3.05, 3.63) is 0 Å². The molecule has 0 heterocycles. The average molecular weight is 426 g/mol. The van der Waals surface area contributed by atoms with E-state index in [1.807, 2.05) is 0 Å². The van der Waals surface area contributed by atoms with Crippen LogP contribution in [0.25, 0.3) is 0 Å². The van der Waals surface area contributed by atoms with E-state index in [0.29, 0.717) is 48.3 Å². The Balaban J connectivity index is 1.41. The van der Waals surface area contributed by atoms with Gasteiger partial charge in [0, 0.05) is 18.4 Å². The predicted octanol–water partition coefficient (Wildman–Crippen LogP) is 3.60. The fraction of sp³-hybridized carbons (Fsp3) is 0.885. The fourth-order valence-corrected chi connectivity index (χ4v) is 11.9. The highest BCUT2D eigenvalue weighted by atomic mass is 16.4. The molecule has 9 aliphatic carbocycles. The number of carbonyl (C=O) groups is 3. The van der Waals surface area contributed by atoms with E-state index >= 15 is 0 Å². The van der Waals surface area contributed by atoms with Crippen LogP contribution in [0.2, 0.25) is 0 Å². The van der Waals surface area contributed by atoms with Crippen LogP contribution >= 0.6 is 0 Å². The topological polar surface area (TPSA) is 83.5 Å². The first kappa shape index (κ1) is 19.3. The van der Waals surface area contributed by atoms with Gasteiger partial charge in [0.2, 0.25) is 0 Å². The molecule has 8 bridgehead atoms. The Labute approximate surface area is 184 Å². The zero-order chi connectivity index (χ0) is 21.2. The lowest BCUT2D eigenvalue weighted by molar-refractivity contribution is -0.239. The van der Waals surface area contributed by atoms with E-state index in [2.05, 4.69) is 5.32 Å². The molecular formula is C26H35NO4. The van der Waals surface area contributed by atoms with E-state index in [-0.39, 0.29) is 35.0 Å². The van der Waals surface area contributed by atoms with Gasteiger partial charge in [-0.05, 0) is 111 Å². The Morgan fingerprint density at radius 3 is 1.94 bits per heavy atom. The highest BCUT2D eigenvalue weighted by molar-refractivity contribution is 6.14. The van der Waals surface area contributed by atoms with E-state index < -0.39 is 11.4 Å². The van der Waals surface area contributed by atoms with Crippen LogP contribution in [-0.2, 0) is 14.4 Å². The summed E-state index contributed by atoms with van der Waals surface area (Å²) in [6.07, 6.45) is 12.3. The van der Waals surface area contributed by atoms with Crippen molar-refractivity contribution in [2.24, 2.45) is 52.3 Å². The molecule has 0 radical (unpaired) electrons. The van der Waals surface area contributed by atoms with Crippen LogP contribution in [0.15, 0.2) is 0 Å². The maximum absolute atomic E-state index is 13.8. The Morgan fingerprint density at radius 2 is 1.39 bits per heavy atom. The van der Waals surface area contributed by atoms with Gasteiger partial charge in [-0.1, -0.05) is 0 Å². The zero-order valence-electron chi connectivity index (χ0n) is 18.4. The van der Waals surface area contributed by atoms with Crippen molar-refractivity contribution in [3.63, 3.8) is 0 Å². The highest BCUT2D eigenvalue weighted by Gasteiger charge is 2.78. The maximum Gasteiger partial charge on any atom is 0.317 e. The lowest BCUT2D eigenvalue weighted by Gasteiger charge is -2.74. The van der Waals surface area contributed by atoms with Gasteiger partial charge in [0.25, 0.3) is 0 Å². The molecule has 1 spiro atoms. The Bertz CT molecular complexity index is 835. The van der Waals surface area contributed by atoms with Crippen molar-refractivity contribution in [2.45, 2.75) is 82.6 Å².